The molecule has 1 aromatic rings. The van der Waals surface area contributed by atoms with Crippen LogP contribution in [0, 0.1) is 6.92 Å². The molecule has 0 fully saturated rings. The van der Waals surface area contributed by atoms with Crippen molar-refractivity contribution >= 4 is 21.7 Å². The Hall–Kier alpha value is -0.620. The van der Waals surface area contributed by atoms with Gasteiger partial charge >= 0.3 is 0 Å². The maximum absolute atomic E-state index is 10.7. The van der Waals surface area contributed by atoms with Crippen molar-refractivity contribution < 1.29 is 13.0 Å². The smallest absolute Gasteiger partial charge is 0.280 e. The van der Waals surface area contributed by atoms with Crippen LogP contribution in [0.2, 0.25) is 5.02 Å². The van der Waals surface area contributed by atoms with Gasteiger partial charge in [-0.25, -0.2) is 0 Å². The average Bonchev–Trinajstić information content (AvgIpc) is 2.19. The topological polar surface area (TPSA) is 80.4 Å². The second-order valence-corrected chi connectivity index (χ2v) is 6.08. The molecule has 0 aliphatic rings. The zero-order valence-corrected chi connectivity index (χ0v) is 11.1. The van der Waals surface area contributed by atoms with E-state index in [-0.39, 0.29) is 6.42 Å². The van der Waals surface area contributed by atoms with Crippen LogP contribution < -0.4 is 5.73 Å². The van der Waals surface area contributed by atoms with Gasteiger partial charge in [0.1, 0.15) is 5.37 Å². The lowest BCUT2D eigenvalue weighted by molar-refractivity contribution is 0.461. The van der Waals surface area contributed by atoms with Gasteiger partial charge < -0.3 is 5.73 Å². The van der Waals surface area contributed by atoms with Crippen molar-refractivity contribution in [3.63, 3.8) is 0 Å². The maximum atomic E-state index is 10.7. The molecule has 6 heteroatoms. The third kappa shape index (κ3) is 4.63. The molecule has 0 bridgehead atoms. The molecule has 0 radical (unpaired) electrons. The van der Waals surface area contributed by atoms with Gasteiger partial charge in [0.05, 0.1) is 0 Å². The third-order valence-electron chi connectivity index (χ3n) is 2.53. The van der Waals surface area contributed by atoms with Crippen LogP contribution in [-0.2, 0) is 16.5 Å². The van der Waals surface area contributed by atoms with Crippen molar-refractivity contribution in [2.45, 2.75) is 31.6 Å². The van der Waals surface area contributed by atoms with Gasteiger partial charge in [-0.2, -0.15) is 8.42 Å². The van der Waals surface area contributed by atoms with E-state index in [1.807, 2.05) is 25.1 Å². The number of hydrogen-bond donors (Lipinski definition) is 2. The zero-order chi connectivity index (χ0) is 13.1. The molecule has 0 amide bonds. The van der Waals surface area contributed by atoms with E-state index < -0.39 is 15.5 Å². The lowest BCUT2D eigenvalue weighted by Crippen LogP contribution is -2.29. The van der Waals surface area contributed by atoms with Gasteiger partial charge in [0.25, 0.3) is 10.1 Å². The molecule has 1 aromatic carbocycles. The molecule has 0 saturated heterocycles. The van der Waals surface area contributed by atoms with Crippen LogP contribution in [0.5, 0.6) is 0 Å². The quantitative estimate of drug-likeness (QED) is 0.808. The summed E-state index contributed by atoms with van der Waals surface area (Å²) < 4.78 is 30.1. The molecule has 0 aliphatic carbocycles. The molecule has 0 heterocycles. The Morgan fingerprint density at radius 3 is 2.65 bits per heavy atom. The summed E-state index contributed by atoms with van der Waals surface area (Å²) in [6, 6.07) is 5.72. The van der Waals surface area contributed by atoms with Crippen molar-refractivity contribution in [2.24, 2.45) is 5.73 Å². The van der Waals surface area contributed by atoms with E-state index in [1.54, 1.807) is 0 Å². The number of hydrogen-bond acceptors (Lipinski definition) is 3. The predicted molar refractivity (Wildman–Crippen MR) is 68.7 cm³/mol. The van der Waals surface area contributed by atoms with Gasteiger partial charge in [-0.05, 0) is 43.4 Å². The number of rotatable bonds is 5. The van der Waals surface area contributed by atoms with Crippen LogP contribution >= 0.6 is 11.6 Å². The molecule has 17 heavy (non-hydrogen) atoms. The van der Waals surface area contributed by atoms with Gasteiger partial charge in [-0.1, -0.05) is 23.7 Å². The Kier molecular flexibility index (Phi) is 4.94. The predicted octanol–water partition coefficient (Wildman–Crippen LogP) is 2.14. The molecule has 96 valence electrons. The lowest BCUT2D eigenvalue weighted by Gasteiger charge is -2.09. The summed E-state index contributed by atoms with van der Waals surface area (Å²) in [4.78, 5) is 0. The van der Waals surface area contributed by atoms with E-state index in [1.165, 1.54) is 0 Å². The molecule has 1 rings (SSSR count). The summed E-state index contributed by atoms with van der Waals surface area (Å²) in [6.07, 6.45) is 1.41. The van der Waals surface area contributed by atoms with Gasteiger partial charge in [0.2, 0.25) is 0 Å². The van der Waals surface area contributed by atoms with Crippen LogP contribution in [0.15, 0.2) is 18.2 Å². The monoisotopic (exact) mass is 277 g/mol. The van der Waals surface area contributed by atoms with Gasteiger partial charge in [0, 0.05) is 5.02 Å². The molecule has 0 spiro atoms. The third-order valence-corrected chi connectivity index (χ3v) is 3.88. The summed E-state index contributed by atoms with van der Waals surface area (Å²) in [6.45, 7) is 1.95. The van der Waals surface area contributed by atoms with Gasteiger partial charge in [0.15, 0.2) is 0 Å². The molecule has 1 unspecified atom stereocenters. The Morgan fingerprint density at radius 1 is 1.47 bits per heavy atom. The maximum Gasteiger partial charge on any atom is 0.280 e. The first kappa shape index (κ1) is 14.4. The van der Waals surface area contributed by atoms with Crippen molar-refractivity contribution in [1.29, 1.82) is 0 Å². The van der Waals surface area contributed by atoms with Crippen molar-refractivity contribution in [3.8, 4) is 0 Å². The largest absolute Gasteiger partial charge is 0.313 e. The van der Waals surface area contributed by atoms with Crippen LogP contribution in [0.3, 0.4) is 0 Å². The normalized spacial score (nSPS) is 13.6. The number of aryl methyl sites for hydroxylation is 2. The Labute approximate surface area is 107 Å². The first-order chi connectivity index (χ1) is 7.80. The molecule has 0 aromatic heterocycles. The minimum Gasteiger partial charge on any atom is -0.313 e. The first-order valence-corrected chi connectivity index (χ1v) is 7.15. The fourth-order valence-corrected chi connectivity index (χ4v) is 2.29. The SMILES string of the molecule is Cc1ccc(CCCC(N)S(=O)(=O)O)c(Cl)c1. The highest BCUT2D eigenvalue weighted by atomic mass is 35.5. The average molecular weight is 278 g/mol. The molecule has 4 nitrogen and oxygen atoms in total. The standard InChI is InChI=1S/C11H16ClNO3S/c1-8-5-6-9(10(12)7-8)3-2-4-11(13)17(14,15)16/h5-7,11H,2-4,13H2,1H3,(H,14,15,16). The molecule has 0 aliphatic heterocycles. The second-order valence-electron chi connectivity index (χ2n) is 4.04. The van der Waals surface area contributed by atoms with Crippen LogP contribution in [-0.4, -0.2) is 18.3 Å². The van der Waals surface area contributed by atoms with Gasteiger partial charge in [-0.3, -0.25) is 4.55 Å². The Morgan fingerprint density at radius 2 is 2.12 bits per heavy atom. The molecular formula is C11H16ClNO3S. The highest BCUT2D eigenvalue weighted by Crippen LogP contribution is 2.20. The zero-order valence-electron chi connectivity index (χ0n) is 9.56. The minimum absolute atomic E-state index is 0.211. The number of benzene rings is 1. The highest BCUT2D eigenvalue weighted by molar-refractivity contribution is 7.86. The van der Waals surface area contributed by atoms with E-state index in [9.17, 15) is 8.42 Å². The van der Waals surface area contributed by atoms with Crippen molar-refractivity contribution in [2.75, 3.05) is 0 Å². The van der Waals surface area contributed by atoms with Gasteiger partial charge in [-0.15, -0.1) is 0 Å². The van der Waals surface area contributed by atoms with Crippen LogP contribution in [0.25, 0.3) is 0 Å². The summed E-state index contributed by atoms with van der Waals surface area (Å²) in [5.74, 6) is 0. The Bertz CT molecular complexity index is 487. The van der Waals surface area contributed by atoms with E-state index in [4.69, 9.17) is 21.9 Å². The number of halogens is 1. The first-order valence-electron chi connectivity index (χ1n) is 5.27. The summed E-state index contributed by atoms with van der Waals surface area (Å²) >= 11 is 6.04. The summed E-state index contributed by atoms with van der Waals surface area (Å²) in [5, 5.41) is -0.544. The van der Waals surface area contributed by atoms with Crippen LogP contribution in [0.4, 0.5) is 0 Å². The van der Waals surface area contributed by atoms with Crippen molar-refractivity contribution in [1.82, 2.24) is 0 Å². The number of nitrogens with two attached hydrogens (primary N) is 1. The van der Waals surface area contributed by atoms with E-state index in [0.717, 1.165) is 11.1 Å². The molecule has 1 atom stereocenters. The molecule has 0 saturated carbocycles. The van der Waals surface area contributed by atoms with Crippen LogP contribution in [0.1, 0.15) is 24.0 Å². The molecular weight excluding hydrogens is 262 g/mol. The van der Waals surface area contributed by atoms with E-state index in [0.29, 0.717) is 17.9 Å². The van der Waals surface area contributed by atoms with Crippen molar-refractivity contribution in [3.05, 3.63) is 34.3 Å². The fraction of sp³-hybridized carbons (Fsp3) is 0.455. The van der Waals surface area contributed by atoms with E-state index in [2.05, 4.69) is 0 Å². The lowest BCUT2D eigenvalue weighted by atomic mass is 10.1. The summed E-state index contributed by atoms with van der Waals surface area (Å²) in [7, 11) is -4.13. The highest BCUT2D eigenvalue weighted by Gasteiger charge is 2.17. The Balaban J connectivity index is 2.52. The minimum atomic E-state index is -4.13. The summed E-state index contributed by atoms with van der Waals surface area (Å²) in [5.41, 5.74) is 7.34. The fourth-order valence-electron chi connectivity index (χ4n) is 1.50. The second kappa shape index (κ2) is 5.82. The molecule has 3 N–H and O–H groups in total. The van der Waals surface area contributed by atoms with E-state index >= 15 is 0 Å².